The van der Waals surface area contributed by atoms with Gasteiger partial charge in [0, 0.05) is 12.5 Å². The Labute approximate surface area is 114 Å². The summed E-state index contributed by atoms with van der Waals surface area (Å²) in [5, 5.41) is 11.9. The van der Waals surface area contributed by atoms with Gasteiger partial charge in [-0.1, -0.05) is 12.8 Å². The molecule has 108 valence electrons. The number of likely N-dealkylation sites (tertiary alicyclic amines) is 1. The van der Waals surface area contributed by atoms with Crippen molar-refractivity contribution in [1.29, 1.82) is 0 Å². The molecule has 0 atom stereocenters. The van der Waals surface area contributed by atoms with E-state index in [1.807, 2.05) is 0 Å². The van der Waals surface area contributed by atoms with Crippen LogP contribution in [0.4, 0.5) is 0 Å². The predicted octanol–water partition coefficient (Wildman–Crippen LogP) is 1.23. The van der Waals surface area contributed by atoms with Gasteiger partial charge in [0.15, 0.2) is 0 Å². The smallest absolute Gasteiger partial charge is 0.303 e. The zero-order valence-corrected chi connectivity index (χ0v) is 11.4. The molecular weight excluding hydrogens is 244 g/mol. The van der Waals surface area contributed by atoms with E-state index in [0.717, 1.165) is 38.8 Å². The molecule has 2 rings (SSSR count). The number of carbonyl (C=O) groups is 2. The molecule has 1 saturated carbocycles. The SMILES string of the molecule is O=C(O)CC1CCN(CC(=O)NC2CCCC2)CC1. The number of hydrogen-bond acceptors (Lipinski definition) is 3. The van der Waals surface area contributed by atoms with Crippen LogP contribution in [0.25, 0.3) is 0 Å². The maximum absolute atomic E-state index is 11.9. The Hall–Kier alpha value is -1.10. The van der Waals surface area contributed by atoms with Gasteiger partial charge in [-0.15, -0.1) is 0 Å². The zero-order chi connectivity index (χ0) is 13.7. The Morgan fingerprint density at radius 2 is 1.74 bits per heavy atom. The highest BCUT2D eigenvalue weighted by atomic mass is 16.4. The summed E-state index contributed by atoms with van der Waals surface area (Å²) < 4.78 is 0. The van der Waals surface area contributed by atoms with Gasteiger partial charge in [-0.3, -0.25) is 14.5 Å². The second-order valence-electron chi connectivity index (χ2n) is 5.87. The predicted molar refractivity (Wildman–Crippen MR) is 71.8 cm³/mol. The van der Waals surface area contributed by atoms with Crippen molar-refractivity contribution in [1.82, 2.24) is 10.2 Å². The lowest BCUT2D eigenvalue weighted by molar-refractivity contribution is -0.138. The first-order valence-electron chi connectivity index (χ1n) is 7.37. The van der Waals surface area contributed by atoms with Crippen LogP contribution >= 0.6 is 0 Å². The zero-order valence-electron chi connectivity index (χ0n) is 11.4. The molecule has 1 aliphatic heterocycles. The third kappa shape index (κ3) is 4.82. The third-order valence-corrected chi connectivity index (χ3v) is 4.26. The van der Waals surface area contributed by atoms with Gasteiger partial charge in [-0.05, 0) is 44.7 Å². The topological polar surface area (TPSA) is 69.6 Å². The van der Waals surface area contributed by atoms with E-state index in [1.165, 1.54) is 12.8 Å². The van der Waals surface area contributed by atoms with Crippen LogP contribution < -0.4 is 5.32 Å². The van der Waals surface area contributed by atoms with Crippen LogP contribution in [0.3, 0.4) is 0 Å². The number of rotatable bonds is 5. The average molecular weight is 268 g/mol. The van der Waals surface area contributed by atoms with Gasteiger partial charge < -0.3 is 10.4 Å². The van der Waals surface area contributed by atoms with Crippen molar-refractivity contribution in [3.05, 3.63) is 0 Å². The van der Waals surface area contributed by atoms with E-state index in [4.69, 9.17) is 5.11 Å². The lowest BCUT2D eigenvalue weighted by Gasteiger charge is -2.31. The van der Waals surface area contributed by atoms with E-state index >= 15 is 0 Å². The molecule has 1 aliphatic carbocycles. The van der Waals surface area contributed by atoms with Gasteiger partial charge >= 0.3 is 5.97 Å². The van der Waals surface area contributed by atoms with E-state index in [2.05, 4.69) is 10.2 Å². The maximum Gasteiger partial charge on any atom is 0.303 e. The number of carboxylic acid groups (broad SMARTS) is 1. The van der Waals surface area contributed by atoms with Crippen molar-refractivity contribution in [3.63, 3.8) is 0 Å². The van der Waals surface area contributed by atoms with Crippen LogP contribution in [0.5, 0.6) is 0 Å². The van der Waals surface area contributed by atoms with Gasteiger partial charge in [-0.2, -0.15) is 0 Å². The van der Waals surface area contributed by atoms with Gasteiger partial charge in [0.2, 0.25) is 5.91 Å². The summed E-state index contributed by atoms with van der Waals surface area (Å²) in [6, 6.07) is 0.386. The molecule has 0 radical (unpaired) electrons. The molecule has 2 N–H and O–H groups in total. The van der Waals surface area contributed by atoms with Crippen molar-refractivity contribution in [3.8, 4) is 0 Å². The molecule has 19 heavy (non-hydrogen) atoms. The molecule has 0 unspecified atom stereocenters. The van der Waals surface area contributed by atoms with Crippen LogP contribution in [0.1, 0.15) is 44.9 Å². The van der Waals surface area contributed by atoms with E-state index in [-0.39, 0.29) is 18.2 Å². The molecule has 5 nitrogen and oxygen atoms in total. The quantitative estimate of drug-likeness (QED) is 0.787. The minimum atomic E-state index is -0.711. The standard InChI is InChI=1S/C14H24N2O3/c17-13(15-12-3-1-2-4-12)10-16-7-5-11(6-8-16)9-14(18)19/h11-12H,1-10H2,(H,15,17)(H,18,19). The minimum absolute atomic E-state index is 0.128. The lowest BCUT2D eigenvalue weighted by atomic mass is 9.94. The number of carbonyl (C=O) groups excluding carboxylic acids is 1. The number of amides is 1. The van der Waals surface area contributed by atoms with Gasteiger partial charge in [-0.25, -0.2) is 0 Å². The Kier molecular flexibility index (Phi) is 5.19. The number of nitrogens with one attached hydrogen (secondary N) is 1. The molecule has 0 aromatic heterocycles. The van der Waals surface area contributed by atoms with Crippen molar-refractivity contribution in [2.45, 2.75) is 51.0 Å². The normalized spacial score (nSPS) is 22.5. The van der Waals surface area contributed by atoms with Crippen molar-refractivity contribution >= 4 is 11.9 Å². The number of piperidine rings is 1. The molecule has 0 spiro atoms. The third-order valence-electron chi connectivity index (χ3n) is 4.26. The number of hydrogen-bond donors (Lipinski definition) is 2. The first-order valence-corrected chi connectivity index (χ1v) is 7.37. The number of aliphatic carboxylic acids is 1. The van der Waals surface area contributed by atoms with Gasteiger partial charge in [0.25, 0.3) is 0 Å². The summed E-state index contributed by atoms with van der Waals surface area (Å²) in [7, 11) is 0. The first-order chi connectivity index (χ1) is 9.13. The van der Waals surface area contributed by atoms with Gasteiger partial charge in [0.05, 0.1) is 6.54 Å². The van der Waals surface area contributed by atoms with Crippen LogP contribution in [-0.2, 0) is 9.59 Å². The monoisotopic (exact) mass is 268 g/mol. The van der Waals surface area contributed by atoms with Crippen molar-refractivity contribution in [2.75, 3.05) is 19.6 Å². The van der Waals surface area contributed by atoms with Crippen LogP contribution in [0.15, 0.2) is 0 Å². The highest BCUT2D eigenvalue weighted by molar-refractivity contribution is 5.78. The van der Waals surface area contributed by atoms with Crippen molar-refractivity contribution in [2.24, 2.45) is 5.92 Å². The molecule has 1 heterocycles. The Morgan fingerprint density at radius 1 is 1.11 bits per heavy atom. The molecule has 0 bridgehead atoms. The summed E-state index contributed by atoms with van der Waals surface area (Å²) in [6.45, 7) is 2.16. The largest absolute Gasteiger partial charge is 0.481 e. The molecular formula is C14H24N2O3. The molecule has 0 aromatic carbocycles. The summed E-state index contributed by atoms with van der Waals surface area (Å²) in [5.74, 6) is -0.298. The maximum atomic E-state index is 11.9. The lowest BCUT2D eigenvalue weighted by Crippen LogP contribution is -2.44. The van der Waals surface area contributed by atoms with E-state index in [0.29, 0.717) is 12.6 Å². The highest BCUT2D eigenvalue weighted by Crippen LogP contribution is 2.20. The second kappa shape index (κ2) is 6.89. The van der Waals surface area contributed by atoms with E-state index < -0.39 is 5.97 Å². The summed E-state index contributed by atoms with van der Waals surface area (Å²) in [5.41, 5.74) is 0. The fraction of sp³-hybridized carbons (Fsp3) is 0.857. The number of nitrogens with zero attached hydrogens (tertiary/aromatic N) is 1. The van der Waals surface area contributed by atoms with Gasteiger partial charge in [0.1, 0.15) is 0 Å². The molecule has 2 aliphatic rings. The Morgan fingerprint density at radius 3 is 2.32 bits per heavy atom. The van der Waals surface area contributed by atoms with E-state index in [9.17, 15) is 9.59 Å². The van der Waals surface area contributed by atoms with E-state index in [1.54, 1.807) is 0 Å². The highest BCUT2D eigenvalue weighted by Gasteiger charge is 2.23. The van der Waals surface area contributed by atoms with Crippen LogP contribution in [0.2, 0.25) is 0 Å². The second-order valence-corrected chi connectivity index (χ2v) is 5.87. The fourth-order valence-corrected chi connectivity index (χ4v) is 3.14. The van der Waals surface area contributed by atoms with Crippen molar-refractivity contribution < 1.29 is 14.7 Å². The summed E-state index contributed by atoms with van der Waals surface area (Å²) in [4.78, 5) is 24.7. The first kappa shape index (κ1) is 14.3. The summed E-state index contributed by atoms with van der Waals surface area (Å²) >= 11 is 0. The Bertz CT molecular complexity index is 319. The minimum Gasteiger partial charge on any atom is -0.481 e. The van der Waals surface area contributed by atoms with Crippen LogP contribution in [0, 0.1) is 5.92 Å². The Balaban J connectivity index is 1.64. The molecule has 5 heteroatoms. The average Bonchev–Trinajstić information content (AvgIpc) is 2.83. The summed E-state index contributed by atoms with van der Waals surface area (Å²) in [6.07, 6.45) is 6.74. The van der Waals surface area contributed by atoms with Crippen LogP contribution in [-0.4, -0.2) is 47.6 Å². The molecule has 1 amide bonds. The fourth-order valence-electron chi connectivity index (χ4n) is 3.14. The molecule has 1 saturated heterocycles. The molecule has 0 aromatic rings. The molecule has 2 fully saturated rings. The number of carboxylic acids is 1.